The number of ether oxygens (including phenoxy) is 2. The Labute approximate surface area is 191 Å². The molecule has 1 aliphatic rings. The van der Waals surface area contributed by atoms with Crippen molar-refractivity contribution in [1.29, 1.82) is 0 Å². The third-order valence-corrected chi connectivity index (χ3v) is 4.71. The van der Waals surface area contributed by atoms with Crippen molar-refractivity contribution in [2.24, 2.45) is 4.99 Å². The predicted molar refractivity (Wildman–Crippen MR) is 127 cm³/mol. The number of hydrogen-bond donors (Lipinski definition) is 2. The second kappa shape index (κ2) is 14.9. The van der Waals surface area contributed by atoms with E-state index in [4.69, 9.17) is 14.5 Å². The molecule has 1 aliphatic heterocycles. The molecule has 6 nitrogen and oxygen atoms in total. The SMILES string of the molecule is CCNC(=NCC(c1cccc(F)c1)N(C)C)NCCCOCC1CCCO1.I. The van der Waals surface area contributed by atoms with E-state index in [2.05, 4.69) is 15.5 Å². The Hall–Kier alpha value is -0.970. The zero-order chi connectivity index (χ0) is 20.2. The van der Waals surface area contributed by atoms with E-state index in [1.54, 1.807) is 12.1 Å². The average molecular weight is 522 g/mol. The molecule has 0 aliphatic carbocycles. The molecule has 0 aromatic heterocycles. The van der Waals surface area contributed by atoms with Crippen LogP contribution in [0, 0.1) is 5.82 Å². The van der Waals surface area contributed by atoms with Gasteiger partial charge in [-0.15, -0.1) is 24.0 Å². The highest BCUT2D eigenvalue weighted by Gasteiger charge is 2.16. The van der Waals surface area contributed by atoms with Crippen LogP contribution in [-0.2, 0) is 9.47 Å². The van der Waals surface area contributed by atoms with Crippen LogP contribution in [-0.4, -0.2) is 70.5 Å². The summed E-state index contributed by atoms with van der Waals surface area (Å²) < 4.78 is 24.8. The van der Waals surface area contributed by atoms with Crippen molar-refractivity contribution >= 4 is 29.9 Å². The van der Waals surface area contributed by atoms with Crippen LogP contribution in [0.5, 0.6) is 0 Å². The van der Waals surface area contributed by atoms with Crippen molar-refractivity contribution in [2.45, 2.75) is 38.3 Å². The van der Waals surface area contributed by atoms with E-state index in [-0.39, 0.29) is 41.9 Å². The van der Waals surface area contributed by atoms with Crippen molar-refractivity contribution in [1.82, 2.24) is 15.5 Å². The molecule has 1 fully saturated rings. The van der Waals surface area contributed by atoms with Crippen molar-refractivity contribution in [3.8, 4) is 0 Å². The summed E-state index contributed by atoms with van der Waals surface area (Å²) in [6.45, 7) is 6.40. The van der Waals surface area contributed by atoms with Gasteiger partial charge in [0.05, 0.1) is 25.3 Å². The normalized spacial score (nSPS) is 17.8. The Kier molecular flexibility index (Phi) is 13.4. The van der Waals surface area contributed by atoms with Gasteiger partial charge in [0.1, 0.15) is 5.82 Å². The summed E-state index contributed by atoms with van der Waals surface area (Å²) in [6.07, 6.45) is 3.42. The first kappa shape index (κ1) is 26.1. The van der Waals surface area contributed by atoms with Gasteiger partial charge in [0.15, 0.2) is 5.96 Å². The highest BCUT2D eigenvalue weighted by Crippen LogP contribution is 2.19. The first-order valence-electron chi connectivity index (χ1n) is 10.2. The first-order valence-corrected chi connectivity index (χ1v) is 10.2. The molecule has 2 N–H and O–H groups in total. The van der Waals surface area contributed by atoms with Gasteiger partial charge < -0.3 is 25.0 Å². The molecule has 0 radical (unpaired) electrons. The Morgan fingerprint density at radius 2 is 2.21 bits per heavy atom. The van der Waals surface area contributed by atoms with Crippen molar-refractivity contribution in [2.75, 3.05) is 53.6 Å². The van der Waals surface area contributed by atoms with Crippen LogP contribution < -0.4 is 10.6 Å². The van der Waals surface area contributed by atoms with E-state index in [0.717, 1.165) is 50.5 Å². The van der Waals surface area contributed by atoms with E-state index in [1.807, 2.05) is 27.1 Å². The molecule has 8 heteroatoms. The summed E-state index contributed by atoms with van der Waals surface area (Å²) in [6, 6.07) is 6.73. The molecule has 0 saturated carbocycles. The second-order valence-electron chi connectivity index (χ2n) is 7.24. The zero-order valence-electron chi connectivity index (χ0n) is 17.8. The summed E-state index contributed by atoms with van der Waals surface area (Å²) in [7, 11) is 3.97. The number of benzene rings is 1. The first-order chi connectivity index (χ1) is 13.6. The summed E-state index contributed by atoms with van der Waals surface area (Å²) in [5, 5.41) is 6.60. The van der Waals surface area contributed by atoms with Gasteiger partial charge in [-0.2, -0.15) is 0 Å². The lowest BCUT2D eigenvalue weighted by Gasteiger charge is -2.23. The van der Waals surface area contributed by atoms with E-state index in [9.17, 15) is 4.39 Å². The van der Waals surface area contributed by atoms with Gasteiger partial charge in [-0.1, -0.05) is 12.1 Å². The van der Waals surface area contributed by atoms with Crippen LogP contribution in [0.4, 0.5) is 4.39 Å². The van der Waals surface area contributed by atoms with Gasteiger partial charge in [-0.3, -0.25) is 4.99 Å². The summed E-state index contributed by atoms with van der Waals surface area (Å²) in [5.74, 6) is 0.547. The van der Waals surface area contributed by atoms with E-state index < -0.39 is 0 Å². The van der Waals surface area contributed by atoms with Crippen LogP contribution in [0.15, 0.2) is 29.3 Å². The molecule has 1 heterocycles. The lowest BCUT2D eigenvalue weighted by atomic mass is 10.1. The number of hydrogen-bond acceptors (Lipinski definition) is 4. The van der Waals surface area contributed by atoms with Gasteiger partial charge >= 0.3 is 0 Å². The molecule has 0 bridgehead atoms. The van der Waals surface area contributed by atoms with Gasteiger partial charge in [-0.05, 0) is 58.0 Å². The van der Waals surface area contributed by atoms with Crippen LogP contribution >= 0.6 is 24.0 Å². The molecule has 2 rings (SSSR count). The maximum atomic E-state index is 13.6. The Bertz CT molecular complexity index is 598. The lowest BCUT2D eigenvalue weighted by molar-refractivity contribution is 0.0168. The highest BCUT2D eigenvalue weighted by molar-refractivity contribution is 14.0. The van der Waals surface area contributed by atoms with Crippen LogP contribution in [0.2, 0.25) is 0 Å². The Morgan fingerprint density at radius 3 is 2.86 bits per heavy atom. The van der Waals surface area contributed by atoms with Gasteiger partial charge in [-0.25, -0.2) is 4.39 Å². The molecule has 0 amide bonds. The molecular weight excluding hydrogens is 486 g/mol. The maximum absolute atomic E-state index is 13.6. The van der Waals surface area contributed by atoms with Crippen LogP contribution in [0.3, 0.4) is 0 Å². The molecule has 29 heavy (non-hydrogen) atoms. The molecule has 166 valence electrons. The number of likely N-dealkylation sites (N-methyl/N-ethyl adjacent to an activating group) is 1. The number of aliphatic imine (C=N–C) groups is 1. The minimum Gasteiger partial charge on any atom is -0.379 e. The second-order valence-corrected chi connectivity index (χ2v) is 7.24. The summed E-state index contributed by atoms with van der Waals surface area (Å²) in [4.78, 5) is 6.75. The van der Waals surface area contributed by atoms with Crippen LogP contribution in [0.1, 0.15) is 37.8 Å². The number of nitrogens with zero attached hydrogens (tertiary/aromatic N) is 2. The van der Waals surface area contributed by atoms with Crippen molar-refractivity contribution in [3.63, 3.8) is 0 Å². The van der Waals surface area contributed by atoms with Crippen molar-refractivity contribution < 1.29 is 13.9 Å². The molecule has 2 atom stereocenters. The van der Waals surface area contributed by atoms with E-state index in [0.29, 0.717) is 19.8 Å². The molecule has 1 aromatic rings. The van der Waals surface area contributed by atoms with Gasteiger partial charge in [0.2, 0.25) is 0 Å². The topological polar surface area (TPSA) is 58.1 Å². The quantitative estimate of drug-likeness (QED) is 0.203. The third-order valence-electron chi connectivity index (χ3n) is 4.71. The Morgan fingerprint density at radius 1 is 1.38 bits per heavy atom. The van der Waals surface area contributed by atoms with E-state index >= 15 is 0 Å². The fourth-order valence-corrected chi connectivity index (χ4v) is 3.17. The number of rotatable bonds is 11. The minimum absolute atomic E-state index is 0. The average Bonchev–Trinajstić information content (AvgIpc) is 3.18. The highest BCUT2D eigenvalue weighted by atomic mass is 127. The number of guanidine groups is 1. The molecule has 0 spiro atoms. The molecule has 1 saturated heterocycles. The fraction of sp³-hybridized carbons (Fsp3) is 0.667. The smallest absolute Gasteiger partial charge is 0.191 e. The molecule has 1 aromatic carbocycles. The van der Waals surface area contributed by atoms with Crippen LogP contribution in [0.25, 0.3) is 0 Å². The lowest BCUT2D eigenvalue weighted by Crippen LogP contribution is -2.39. The number of nitrogens with one attached hydrogen (secondary N) is 2. The van der Waals surface area contributed by atoms with Gasteiger partial charge in [0.25, 0.3) is 0 Å². The monoisotopic (exact) mass is 522 g/mol. The minimum atomic E-state index is -0.221. The maximum Gasteiger partial charge on any atom is 0.191 e. The largest absolute Gasteiger partial charge is 0.379 e. The third kappa shape index (κ3) is 10.1. The predicted octanol–water partition coefficient (Wildman–Crippen LogP) is 3.19. The zero-order valence-corrected chi connectivity index (χ0v) is 20.2. The summed E-state index contributed by atoms with van der Waals surface area (Å²) >= 11 is 0. The molecular formula is C21H36FIN4O2. The van der Waals surface area contributed by atoms with Gasteiger partial charge in [0, 0.05) is 26.3 Å². The summed E-state index contributed by atoms with van der Waals surface area (Å²) in [5.41, 5.74) is 0.923. The molecule has 2 unspecified atom stereocenters. The standard InChI is InChI=1S/C21H35FN4O2.HI/c1-4-23-21(24-11-7-12-27-16-19-10-6-13-28-19)25-15-20(26(2)3)17-8-5-9-18(22)14-17;/h5,8-9,14,19-20H,4,6-7,10-13,15-16H2,1-3H3,(H2,23,24,25);1H. The van der Waals surface area contributed by atoms with E-state index in [1.165, 1.54) is 6.07 Å². The fourth-order valence-electron chi connectivity index (χ4n) is 3.17. The number of halogens is 2. The Balaban J connectivity index is 0.00000420. The van der Waals surface area contributed by atoms with Crippen molar-refractivity contribution in [3.05, 3.63) is 35.6 Å².